The smallest absolute Gasteiger partial charge is 0.166 e. The molecule has 0 aliphatic rings. The van der Waals surface area contributed by atoms with Crippen LogP contribution in [0.1, 0.15) is 5.56 Å². The van der Waals surface area contributed by atoms with E-state index < -0.39 is 0 Å². The second-order valence-corrected chi connectivity index (χ2v) is 7.47. The lowest BCUT2D eigenvalue weighted by atomic mass is 10.1. The maximum atomic E-state index is 13.3. The standard InChI is InChI=1S/C20H17FN4S2/c1-26-20-24-18(14-2-4-16(21)5-3-14)19(25-20)15-6-8-22-17(10-15)23-11-13-7-9-27-12-13/h2-10,12H,11H2,1H3,(H,22,23)(H,24,25). The van der Waals surface area contributed by atoms with Crippen LogP contribution >= 0.6 is 23.1 Å². The summed E-state index contributed by atoms with van der Waals surface area (Å²) in [6.45, 7) is 0.724. The Bertz CT molecular complexity index is 1030. The minimum absolute atomic E-state index is 0.256. The molecule has 0 aliphatic heterocycles. The molecule has 136 valence electrons. The van der Waals surface area contributed by atoms with Crippen LogP contribution in [0.3, 0.4) is 0 Å². The highest BCUT2D eigenvalue weighted by Crippen LogP contribution is 2.33. The molecule has 0 unspecified atom stereocenters. The summed E-state index contributed by atoms with van der Waals surface area (Å²) in [5.74, 6) is 0.534. The van der Waals surface area contributed by atoms with Crippen molar-refractivity contribution in [2.45, 2.75) is 11.7 Å². The first-order valence-corrected chi connectivity index (χ1v) is 10.5. The molecule has 0 atom stereocenters. The number of hydrogen-bond acceptors (Lipinski definition) is 5. The Balaban J connectivity index is 1.67. The summed E-state index contributed by atoms with van der Waals surface area (Å²) in [5, 5.41) is 8.33. The molecule has 0 amide bonds. The first-order chi connectivity index (χ1) is 13.2. The van der Waals surface area contributed by atoms with Crippen molar-refractivity contribution in [3.8, 4) is 22.5 Å². The molecule has 0 saturated carbocycles. The van der Waals surface area contributed by atoms with Gasteiger partial charge in [-0.1, -0.05) is 11.8 Å². The van der Waals surface area contributed by atoms with E-state index in [2.05, 4.69) is 32.1 Å². The molecule has 0 aliphatic carbocycles. The van der Waals surface area contributed by atoms with Gasteiger partial charge in [0.05, 0.1) is 11.4 Å². The molecule has 0 spiro atoms. The second kappa shape index (κ2) is 7.94. The zero-order valence-electron chi connectivity index (χ0n) is 14.6. The molecule has 3 heterocycles. The van der Waals surface area contributed by atoms with Crippen molar-refractivity contribution in [3.05, 3.63) is 70.8 Å². The van der Waals surface area contributed by atoms with E-state index in [1.54, 1.807) is 29.7 Å². The van der Waals surface area contributed by atoms with Crippen LogP contribution in [0.4, 0.5) is 10.2 Å². The van der Waals surface area contributed by atoms with Gasteiger partial charge in [-0.3, -0.25) is 0 Å². The van der Waals surface area contributed by atoms with Gasteiger partial charge in [-0.2, -0.15) is 11.3 Å². The average Bonchev–Trinajstić information content (AvgIpc) is 3.37. The molecule has 7 heteroatoms. The second-order valence-electron chi connectivity index (χ2n) is 5.89. The number of thioether (sulfide) groups is 1. The lowest BCUT2D eigenvalue weighted by molar-refractivity contribution is 0.628. The Hall–Kier alpha value is -2.64. The van der Waals surface area contributed by atoms with E-state index in [4.69, 9.17) is 4.98 Å². The maximum Gasteiger partial charge on any atom is 0.166 e. The van der Waals surface area contributed by atoms with Gasteiger partial charge >= 0.3 is 0 Å². The van der Waals surface area contributed by atoms with Gasteiger partial charge in [0.1, 0.15) is 11.6 Å². The number of aromatic nitrogens is 3. The number of nitrogens with zero attached hydrogens (tertiary/aromatic N) is 2. The number of anilines is 1. The van der Waals surface area contributed by atoms with Gasteiger partial charge in [0.2, 0.25) is 0 Å². The van der Waals surface area contributed by atoms with Crippen LogP contribution in [0.15, 0.2) is 64.6 Å². The number of imidazole rings is 1. The van der Waals surface area contributed by atoms with Crippen LogP contribution in [0.5, 0.6) is 0 Å². The first-order valence-electron chi connectivity index (χ1n) is 8.34. The number of halogens is 1. The van der Waals surface area contributed by atoms with Crippen LogP contribution in [0, 0.1) is 5.82 Å². The van der Waals surface area contributed by atoms with E-state index in [-0.39, 0.29) is 5.82 Å². The van der Waals surface area contributed by atoms with Crippen LogP contribution < -0.4 is 5.32 Å². The van der Waals surface area contributed by atoms with Crippen molar-refractivity contribution >= 4 is 28.9 Å². The largest absolute Gasteiger partial charge is 0.366 e. The Kier molecular flexibility index (Phi) is 5.22. The average molecular weight is 397 g/mol. The third-order valence-electron chi connectivity index (χ3n) is 4.10. The molecule has 3 aromatic heterocycles. The van der Waals surface area contributed by atoms with Gasteiger partial charge in [0, 0.05) is 23.9 Å². The lowest BCUT2D eigenvalue weighted by Gasteiger charge is -2.07. The minimum atomic E-state index is -0.256. The summed E-state index contributed by atoms with van der Waals surface area (Å²) < 4.78 is 13.3. The molecule has 0 fully saturated rings. The number of pyridine rings is 1. The summed E-state index contributed by atoms with van der Waals surface area (Å²) in [6.07, 6.45) is 3.74. The third-order valence-corrected chi connectivity index (χ3v) is 5.41. The highest BCUT2D eigenvalue weighted by atomic mass is 32.2. The number of thiophene rings is 1. The molecule has 4 rings (SSSR count). The van der Waals surface area contributed by atoms with E-state index >= 15 is 0 Å². The van der Waals surface area contributed by atoms with Crippen LogP contribution in [0.2, 0.25) is 0 Å². The first kappa shape index (κ1) is 17.8. The molecule has 4 aromatic rings. The number of rotatable bonds is 6. The van der Waals surface area contributed by atoms with Gasteiger partial charge in [-0.15, -0.1) is 0 Å². The maximum absolute atomic E-state index is 13.3. The quantitative estimate of drug-likeness (QED) is 0.412. The summed E-state index contributed by atoms with van der Waals surface area (Å²) in [7, 11) is 0. The van der Waals surface area contributed by atoms with Crippen LogP contribution in [-0.2, 0) is 6.54 Å². The van der Waals surface area contributed by atoms with Gasteiger partial charge in [0.15, 0.2) is 5.16 Å². The summed E-state index contributed by atoms with van der Waals surface area (Å²) in [6, 6.07) is 12.4. The van der Waals surface area contributed by atoms with E-state index in [9.17, 15) is 4.39 Å². The number of benzene rings is 1. The van der Waals surface area contributed by atoms with Crippen LogP contribution in [-0.4, -0.2) is 21.2 Å². The molecule has 2 N–H and O–H groups in total. The van der Waals surface area contributed by atoms with E-state index in [1.807, 2.05) is 18.4 Å². The molecule has 0 radical (unpaired) electrons. The highest BCUT2D eigenvalue weighted by Gasteiger charge is 2.15. The normalized spacial score (nSPS) is 10.9. The monoisotopic (exact) mass is 396 g/mol. The molecule has 4 nitrogen and oxygen atoms in total. The van der Waals surface area contributed by atoms with Gasteiger partial charge in [0.25, 0.3) is 0 Å². The summed E-state index contributed by atoms with van der Waals surface area (Å²) in [5.41, 5.74) is 4.77. The fraction of sp³-hybridized carbons (Fsp3) is 0.100. The predicted octanol–water partition coefficient (Wildman–Crippen LogP) is 5.67. The van der Waals surface area contributed by atoms with Gasteiger partial charge < -0.3 is 10.3 Å². The van der Waals surface area contributed by atoms with Crippen molar-refractivity contribution in [1.82, 2.24) is 15.0 Å². The number of hydrogen-bond donors (Lipinski definition) is 2. The Labute approximate surface area is 164 Å². The Morgan fingerprint density at radius 1 is 1.15 bits per heavy atom. The number of nitrogens with one attached hydrogen (secondary N) is 2. The van der Waals surface area contributed by atoms with Crippen molar-refractivity contribution in [2.75, 3.05) is 11.6 Å². The van der Waals surface area contributed by atoms with Gasteiger partial charge in [-0.05, 0) is 65.0 Å². The number of aromatic amines is 1. The fourth-order valence-corrected chi connectivity index (χ4v) is 3.80. The molecular weight excluding hydrogens is 379 g/mol. The van der Waals surface area contributed by atoms with Crippen molar-refractivity contribution in [3.63, 3.8) is 0 Å². The summed E-state index contributed by atoms with van der Waals surface area (Å²) >= 11 is 3.22. The Morgan fingerprint density at radius 3 is 2.74 bits per heavy atom. The van der Waals surface area contributed by atoms with E-state index in [0.29, 0.717) is 0 Å². The molecule has 27 heavy (non-hydrogen) atoms. The van der Waals surface area contributed by atoms with E-state index in [0.717, 1.165) is 40.0 Å². The zero-order chi connectivity index (χ0) is 18.6. The highest BCUT2D eigenvalue weighted by molar-refractivity contribution is 7.98. The topological polar surface area (TPSA) is 53.6 Å². The predicted molar refractivity (Wildman–Crippen MR) is 111 cm³/mol. The molecule has 0 bridgehead atoms. The van der Waals surface area contributed by atoms with Crippen molar-refractivity contribution in [2.24, 2.45) is 0 Å². The minimum Gasteiger partial charge on any atom is -0.366 e. The van der Waals surface area contributed by atoms with Crippen molar-refractivity contribution in [1.29, 1.82) is 0 Å². The fourth-order valence-electron chi connectivity index (χ4n) is 2.74. The van der Waals surface area contributed by atoms with Gasteiger partial charge in [-0.25, -0.2) is 14.4 Å². The SMILES string of the molecule is CSc1nc(-c2ccnc(NCc3ccsc3)c2)c(-c2ccc(F)cc2)[nH]1. The number of H-pyrrole nitrogens is 1. The third kappa shape index (κ3) is 4.04. The summed E-state index contributed by atoms with van der Waals surface area (Å²) in [4.78, 5) is 12.4. The Morgan fingerprint density at radius 2 is 2.00 bits per heavy atom. The van der Waals surface area contributed by atoms with Crippen molar-refractivity contribution < 1.29 is 4.39 Å². The molecule has 1 aromatic carbocycles. The molecule has 0 saturated heterocycles. The molecular formula is C20H17FN4S2. The van der Waals surface area contributed by atoms with Crippen LogP contribution in [0.25, 0.3) is 22.5 Å². The zero-order valence-corrected chi connectivity index (χ0v) is 16.2. The lowest BCUT2D eigenvalue weighted by Crippen LogP contribution is -2.00. The van der Waals surface area contributed by atoms with E-state index in [1.165, 1.54) is 29.5 Å².